The fraction of sp³-hybridized carbons (Fsp3) is 0.300. The second-order valence-electron chi connectivity index (χ2n) is 6.82. The maximum Gasteiger partial charge on any atom is 0.270 e. The molecule has 1 aliphatic heterocycles. The van der Waals surface area contributed by atoms with E-state index in [9.17, 15) is 14.4 Å². The molecule has 0 saturated heterocycles. The zero-order valence-corrected chi connectivity index (χ0v) is 16.3. The van der Waals surface area contributed by atoms with E-state index in [1.165, 1.54) is 11.2 Å². The molecule has 3 rings (SSSR count). The number of likely N-dealkylation sites (N-methyl/N-ethyl adjacent to an activating group) is 1. The van der Waals surface area contributed by atoms with Crippen LogP contribution < -0.4 is 5.32 Å². The Morgan fingerprint density at radius 3 is 2.59 bits per heavy atom. The van der Waals surface area contributed by atoms with Gasteiger partial charge in [0.25, 0.3) is 5.91 Å². The highest BCUT2D eigenvalue weighted by Gasteiger charge is 2.28. The molecule has 1 aliphatic rings. The number of aldehydes is 1. The van der Waals surface area contributed by atoms with Crippen LogP contribution in [0.2, 0.25) is 0 Å². The predicted molar refractivity (Wildman–Crippen MR) is 106 cm³/mol. The normalized spacial score (nSPS) is 13.8. The van der Waals surface area contributed by atoms with Crippen LogP contribution in [-0.4, -0.2) is 70.0 Å². The van der Waals surface area contributed by atoms with E-state index >= 15 is 0 Å². The summed E-state index contributed by atoms with van der Waals surface area (Å²) < 4.78 is 0. The molecule has 2 aromatic heterocycles. The van der Waals surface area contributed by atoms with Gasteiger partial charge >= 0.3 is 0 Å². The molecule has 3 heterocycles. The van der Waals surface area contributed by atoms with Crippen LogP contribution in [0.3, 0.4) is 0 Å². The van der Waals surface area contributed by atoms with Gasteiger partial charge in [0, 0.05) is 44.2 Å². The minimum atomic E-state index is -0.293. The highest BCUT2D eigenvalue weighted by Crippen LogP contribution is 2.22. The number of nitrogens with one attached hydrogen (secondary N) is 1. The molecule has 9 nitrogen and oxygen atoms in total. The van der Waals surface area contributed by atoms with Crippen molar-refractivity contribution in [2.75, 3.05) is 32.5 Å². The molecule has 9 heteroatoms. The van der Waals surface area contributed by atoms with E-state index in [0.29, 0.717) is 48.3 Å². The Labute approximate surface area is 168 Å². The van der Waals surface area contributed by atoms with Gasteiger partial charge in [-0.15, -0.1) is 0 Å². The third-order valence-corrected chi connectivity index (χ3v) is 4.48. The highest BCUT2D eigenvalue weighted by molar-refractivity contribution is 6.00. The second-order valence-corrected chi connectivity index (χ2v) is 6.82. The Balaban J connectivity index is 1.69. The Hall–Kier alpha value is -3.62. The third-order valence-electron chi connectivity index (χ3n) is 4.48. The zero-order chi connectivity index (χ0) is 20.8. The van der Waals surface area contributed by atoms with Crippen LogP contribution in [0, 0.1) is 0 Å². The van der Waals surface area contributed by atoms with Crippen LogP contribution in [-0.2, 0) is 14.4 Å². The van der Waals surface area contributed by atoms with Crippen molar-refractivity contribution in [3.8, 4) is 11.3 Å². The van der Waals surface area contributed by atoms with Crippen LogP contribution >= 0.6 is 0 Å². The van der Waals surface area contributed by atoms with Gasteiger partial charge in [0.05, 0.1) is 24.1 Å². The molecule has 0 saturated carbocycles. The lowest BCUT2D eigenvalue weighted by Crippen LogP contribution is -2.42. The van der Waals surface area contributed by atoms with Crippen molar-refractivity contribution in [1.82, 2.24) is 24.8 Å². The van der Waals surface area contributed by atoms with Gasteiger partial charge < -0.3 is 15.1 Å². The lowest BCUT2D eigenvalue weighted by atomic mass is 10.0. The van der Waals surface area contributed by atoms with Crippen LogP contribution in [0.25, 0.3) is 11.3 Å². The monoisotopic (exact) mass is 394 g/mol. The largest absolute Gasteiger partial charge is 0.357 e. The SMILES string of the molecule is CN(C)C(=O)C1=C(C=O)CCCN1CC(=O)Nc1ccc(-c2cncnc2)nc1. The number of hydrogen-bond acceptors (Lipinski definition) is 7. The van der Waals surface area contributed by atoms with E-state index in [4.69, 9.17) is 0 Å². The van der Waals surface area contributed by atoms with Crippen molar-refractivity contribution in [1.29, 1.82) is 0 Å². The summed E-state index contributed by atoms with van der Waals surface area (Å²) in [6.07, 6.45) is 8.25. The quantitative estimate of drug-likeness (QED) is 0.731. The molecule has 2 aromatic rings. The standard InChI is InChI=1S/C20H22N6O3/c1-25(2)20(29)19-14(12-27)4-3-7-26(19)11-18(28)24-16-5-6-17(23-10-16)15-8-21-13-22-9-15/h5-6,8-10,12-13H,3-4,7,11H2,1-2H3,(H,24,28). The average molecular weight is 394 g/mol. The van der Waals surface area contributed by atoms with Gasteiger partial charge in [0.2, 0.25) is 5.91 Å². The molecule has 0 spiro atoms. The summed E-state index contributed by atoms with van der Waals surface area (Å²) >= 11 is 0. The van der Waals surface area contributed by atoms with Crippen molar-refractivity contribution in [2.24, 2.45) is 0 Å². The number of carbonyl (C=O) groups is 3. The molecule has 150 valence electrons. The van der Waals surface area contributed by atoms with Crippen molar-refractivity contribution < 1.29 is 14.4 Å². The number of allylic oxidation sites excluding steroid dienone is 1. The fourth-order valence-electron chi connectivity index (χ4n) is 3.09. The van der Waals surface area contributed by atoms with Crippen molar-refractivity contribution >= 4 is 23.8 Å². The predicted octanol–water partition coefficient (Wildman–Crippen LogP) is 1.11. The number of hydrogen-bond donors (Lipinski definition) is 1. The molecule has 1 N–H and O–H groups in total. The van der Waals surface area contributed by atoms with Crippen LogP contribution in [0.15, 0.2) is 48.3 Å². The first-order chi connectivity index (χ1) is 14.0. The van der Waals surface area contributed by atoms with E-state index in [1.54, 1.807) is 49.7 Å². The maximum atomic E-state index is 12.5. The fourth-order valence-corrected chi connectivity index (χ4v) is 3.09. The van der Waals surface area contributed by atoms with E-state index in [2.05, 4.69) is 20.3 Å². The van der Waals surface area contributed by atoms with Gasteiger partial charge in [-0.3, -0.25) is 19.4 Å². The summed E-state index contributed by atoms with van der Waals surface area (Å²) in [6, 6.07) is 3.50. The van der Waals surface area contributed by atoms with Gasteiger partial charge in [0.1, 0.15) is 18.3 Å². The highest BCUT2D eigenvalue weighted by atomic mass is 16.2. The topological polar surface area (TPSA) is 108 Å². The molecular formula is C20H22N6O3. The smallest absolute Gasteiger partial charge is 0.270 e. The van der Waals surface area contributed by atoms with Gasteiger partial charge in [-0.2, -0.15) is 0 Å². The number of carbonyl (C=O) groups excluding carboxylic acids is 3. The number of pyridine rings is 1. The van der Waals surface area contributed by atoms with E-state index < -0.39 is 0 Å². The van der Waals surface area contributed by atoms with Crippen molar-refractivity contribution in [3.05, 3.63) is 48.3 Å². The molecule has 0 unspecified atom stereocenters. The summed E-state index contributed by atoms with van der Waals surface area (Å²) in [5.41, 5.74) is 2.73. The minimum Gasteiger partial charge on any atom is -0.357 e. The van der Waals surface area contributed by atoms with Crippen LogP contribution in [0.4, 0.5) is 5.69 Å². The van der Waals surface area contributed by atoms with Gasteiger partial charge in [-0.05, 0) is 25.0 Å². The number of anilines is 1. The molecule has 0 aliphatic carbocycles. The Morgan fingerprint density at radius 2 is 1.97 bits per heavy atom. The van der Waals surface area contributed by atoms with E-state index in [0.717, 1.165) is 5.56 Å². The second kappa shape index (κ2) is 9.05. The summed E-state index contributed by atoms with van der Waals surface area (Å²) in [7, 11) is 3.24. The van der Waals surface area contributed by atoms with Gasteiger partial charge in [0.15, 0.2) is 0 Å². The summed E-state index contributed by atoms with van der Waals surface area (Å²) in [4.78, 5) is 51.7. The summed E-state index contributed by atoms with van der Waals surface area (Å²) in [5, 5.41) is 2.78. The van der Waals surface area contributed by atoms with Gasteiger partial charge in [-0.25, -0.2) is 9.97 Å². The van der Waals surface area contributed by atoms with Crippen LogP contribution in [0.5, 0.6) is 0 Å². The number of amides is 2. The molecule has 29 heavy (non-hydrogen) atoms. The van der Waals surface area contributed by atoms with E-state index in [-0.39, 0.29) is 18.4 Å². The molecule has 2 amide bonds. The molecule has 0 fully saturated rings. The molecule has 0 atom stereocenters. The maximum absolute atomic E-state index is 12.5. The molecule has 0 radical (unpaired) electrons. The summed E-state index contributed by atoms with van der Waals surface area (Å²) in [6.45, 7) is 0.505. The first-order valence-corrected chi connectivity index (χ1v) is 9.16. The number of aromatic nitrogens is 3. The van der Waals surface area contributed by atoms with Crippen molar-refractivity contribution in [2.45, 2.75) is 12.8 Å². The zero-order valence-electron chi connectivity index (χ0n) is 16.3. The van der Waals surface area contributed by atoms with Gasteiger partial charge in [-0.1, -0.05) is 0 Å². The Morgan fingerprint density at radius 1 is 1.21 bits per heavy atom. The molecule has 0 bridgehead atoms. The van der Waals surface area contributed by atoms with Crippen molar-refractivity contribution in [3.63, 3.8) is 0 Å². The minimum absolute atomic E-state index is 0.0273. The lowest BCUT2D eigenvalue weighted by Gasteiger charge is -2.32. The third kappa shape index (κ3) is 4.81. The van der Waals surface area contributed by atoms with Crippen LogP contribution in [0.1, 0.15) is 12.8 Å². The average Bonchev–Trinajstić information content (AvgIpc) is 2.74. The first-order valence-electron chi connectivity index (χ1n) is 9.16. The number of nitrogens with zero attached hydrogens (tertiary/aromatic N) is 5. The van der Waals surface area contributed by atoms with E-state index in [1.807, 2.05) is 0 Å². The lowest BCUT2D eigenvalue weighted by molar-refractivity contribution is -0.127. The Bertz CT molecular complexity index is 925. The summed E-state index contributed by atoms with van der Waals surface area (Å²) in [5.74, 6) is -0.575. The molecular weight excluding hydrogens is 372 g/mol. The molecule has 0 aromatic carbocycles. The Kier molecular flexibility index (Phi) is 6.28. The number of rotatable bonds is 6. The first kappa shape index (κ1) is 20.1.